The molecule has 0 bridgehead atoms. The van der Waals surface area contributed by atoms with Gasteiger partial charge in [0.15, 0.2) is 0 Å². The summed E-state index contributed by atoms with van der Waals surface area (Å²) in [4.78, 5) is 0. The summed E-state index contributed by atoms with van der Waals surface area (Å²) in [6, 6.07) is 30.5. The highest BCUT2D eigenvalue weighted by Crippen LogP contribution is 2.36. The third-order valence-corrected chi connectivity index (χ3v) is 4.83. The molecule has 0 radical (unpaired) electrons. The van der Waals surface area contributed by atoms with E-state index in [-0.39, 0.29) is 0 Å². The Balaban J connectivity index is 2.07. The van der Waals surface area contributed by atoms with Crippen LogP contribution < -0.4 is 0 Å². The van der Waals surface area contributed by atoms with E-state index in [0.717, 1.165) is 0 Å². The van der Waals surface area contributed by atoms with Crippen molar-refractivity contribution in [2.45, 2.75) is 6.92 Å². The van der Waals surface area contributed by atoms with Crippen molar-refractivity contribution in [1.82, 2.24) is 4.57 Å². The molecule has 0 spiro atoms. The van der Waals surface area contributed by atoms with Crippen LogP contribution in [0.2, 0.25) is 0 Å². The van der Waals surface area contributed by atoms with Crippen LogP contribution in [0.3, 0.4) is 0 Å². The Morgan fingerprint density at radius 2 is 1.42 bits per heavy atom. The predicted molar refractivity (Wildman–Crippen MR) is 103 cm³/mol. The standard InChI is InChI=1S/C23H17N/c1-16-11-13-20-22(15-16)24(18-8-3-2-4-9-18)21-14-12-17-7-5-6-10-19(17)23(20)21/h2-15H,1H3. The molecule has 4 aromatic carbocycles. The Labute approximate surface area is 140 Å². The summed E-state index contributed by atoms with van der Waals surface area (Å²) in [5, 5.41) is 5.26. The van der Waals surface area contributed by atoms with Crippen LogP contribution >= 0.6 is 0 Å². The third kappa shape index (κ3) is 1.82. The first-order chi connectivity index (χ1) is 11.8. The lowest BCUT2D eigenvalue weighted by Gasteiger charge is -2.08. The maximum atomic E-state index is 2.38. The molecule has 0 aliphatic rings. The number of para-hydroxylation sites is 1. The van der Waals surface area contributed by atoms with Gasteiger partial charge in [0.25, 0.3) is 0 Å². The van der Waals surface area contributed by atoms with Crippen LogP contribution in [-0.2, 0) is 0 Å². The van der Waals surface area contributed by atoms with Gasteiger partial charge in [-0.1, -0.05) is 60.7 Å². The number of benzene rings is 4. The summed E-state index contributed by atoms with van der Waals surface area (Å²) < 4.78 is 2.38. The summed E-state index contributed by atoms with van der Waals surface area (Å²) >= 11 is 0. The zero-order chi connectivity index (χ0) is 16.1. The Hall–Kier alpha value is -3.06. The SMILES string of the molecule is Cc1ccc2c3c4ccccc4ccc3n(-c3ccccc3)c2c1. The van der Waals surface area contributed by atoms with E-state index in [4.69, 9.17) is 0 Å². The van der Waals surface area contributed by atoms with Gasteiger partial charge in [0.05, 0.1) is 11.0 Å². The second-order valence-corrected chi connectivity index (χ2v) is 6.37. The first kappa shape index (κ1) is 13.4. The number of nitrogens with zero attached hydrogens (tertiary/aromatic N) is 1. The predicted octanol–water partition coefficient (Wildman–Crippen LogP) is 6.25. The molecule has 0 saturated carbocycles. The number of hydrogen-bond donors (Lipinski definition) is 0. The van der Waals surface area contributed by atoms with Gasteiger partial charge in [0.1, 0.15) is 0 Å². The fourth-order valence-corrected chi connectivity index (χ4v) is 3.75. The number of rotatable bonds is 1. The van der Waals surface area contributed by atoms with Crippen LogP contribution in [0.4, 0.5) is 0 Å². The second-order valence-electron chi connectivity index (χ2n) is 6.37. The van der Waals surface area contributed by atoms with E-state index in [1.807, 2.05) is 0 Å². The monoisotopic (exact) mass is 307 g/mol. The molecule has 0 saturated heterocycles. The summed E-state index contributed by atoms with van der Waals surface area (Å²) in [6.07, 6.45) is 0. The van der Waals surface area contributed by atoms with E-state index in [1.54, 1.807) is 0 Å². The minimum Gasteiger partial charge on any atom is -0.309 e. The van der Waals surface area contributed by atoms with Crippen molar-refractivity contribution >= 4 is 32.6 Å². The van der Waals surface area contributed by atoms with Gasteiger partial charge in [-0.2, -0.15) is 0 Å². The summed E-state index contributed by atoms with van der Waals surface area (Å²) in [5.74, 6) is 0. The summed E-state index contributed by atoms with van der Waals surface area (Å²) in [5.41, 5.74) is 5.03. The molecule has 1 nitrogen and oxygen atoms in total. The third-order valence-electron chi connectivity index (χ3n) is 4.83. The first-order valence-corrected chi connectivity index (χ1v) is 8.31. The van der Waals surface area contributed by atoms with E-state index in [2.05, 4.69) is 96.4 Å². The van der Waals surface area contributed by atoms with Gasteiger partial charge in [0, 0.05) is 16.5 Å². The lowest BCUT2D eigenvalue weighted by atomic mass is 10.0. The van der Waals surface area contributed by atoms with Crippen LogP contribution in [0.5, 0.6) is 0 Å². The zero-order valence-corrected chi connectivity index (χ0v) is 13.5. The van der Waals surface area contributed by atoms with E-state index in [9.17, 15) is 0 Å². The molecule has 1 heterocycles. The maximum absolute atomic E-state index is 2.38. The molecule has 1 aromatic heterocycles. The van der Waals surface area contributed by atoms with Crippen LogP contribution in [0.15, 0.2) is 84.9 Å². The molecule has 0 fully saturated rings. The highest BCUT2D eigenvalue weighted by atomic mass is 15.0. The topological polar surface area (TPSA) is 4.93 Å². The van der Waals surface area contributed by atoms with Gasteiger partial charge in [-0.3, -0.25) is 0 Å². The van der Waals surface area contributed by atoms with E-state index < -0.39 is 0 Å². The molecule has 0 aliphatic carbocycles. The number of aromatic nitrogens is 1. The molecule has 0 aliphatic heterocycles. The molecule has 5 rings (SSSR count). The van der Waals surface area contributed by atoms with Crippen molar-refractivity contribution in [2.24, 2.45) is 0 Å². The maximum Gasteiger partial charge on any atom is 0.0547 e. The lowest BCUT2D eigenvalue weighted by molar-refractivity contribution is 1.18. The molecule has 0 unspecified atom stereocenters. The minimum atomic E-state index is 1.21. The Bertz CT molecular complexity index is 1200. The molecule has 0 atom stereocenters. The van der Waals surface area contributed by atoms with Crippen LogP contribution in [0.1, 0.15) is 5.56 Å². The quantitative estimate of drug-likeness (QED) is 0.345. The van der Waals surface area contributed by atoms with E-state index in [1.165, 1.54) is 43.8 Å². The van der Waals surface area contributed by atoms with Gasteiger partial charge in [-0.25, -0.2) is 0 Å². The van der Waals surface area contributed by atoms with Crippen molar-refractivity contribution in [3.8, 4) is 5.69 Å². The summed E-state index contributed by atoms with van der Waals surface area (Å²) in [6.45, 7) is 2.16. The van der Waals surface area contributed by atoms with Crippen molar-refractivity contribution in [2.75, 3.05) is 0 Å². The number of aryl methyl sites for hydroxylation is 1. The average molecular weight is 307 g/mol. The van der Waals surface area contributed by atoms with Crippen LogP contribution in [0.25, 0.3) is 38.3 Å². The molecular weight excluding hydrogens is 290 g/mol. The van der Waals surface area contributed by atoms with Gasteiger partial charge >= 0.3 is 0 Å². The largest absolute Gasteiger partial charge is 0.309 e. The average Bonchev–Trinajstić information content (AvgIpc) is 2.96. The van der Waals surface area contributed by atoms with Crippen LogP contribution in [0, 0.1) is 6.92 Å². The second kappa shape index (κ2) is 4.97. The van der Waals surface area contributed by atoms with Crippen molar-refractivity contribution in [3.63, 3.8) is 0 Å². The van der Waals surface area contributed by atoms with E-state index >= 15 is 0 Å². The molecule has 114 valence electrons. The highest BCUT2D eigenvalue weighted by molar-refractivity contribution is 6.21. The zero-order valence-electron chi connectivity index (χ0n) is 13.5. The smallest absolute Gasteiger partial charge is 0.0547 e. The van der Waals surface area contributed by atoms with Gasteiger partial charge in [0.2, 0.25) is 0 Å². The van der Waals surface area contributed by atoms with E-state index in [0.29, 0.717) is 0 Å². The van der Waals surface area contributed by atoms with Crippen molar-refractivity contribution in [3.05, 3.63) is 90.5 Å². The van der Waals surface area contributed by atoms with Crippen molar-refractivity contribution < 1.29 is 0 Å². The summed E-state index contributed by atoms with van der Waals surface area (Å²) in [7, 11) is 0. The van der Waals surface area contributed by atoms with Gasteiger partial charge in [-0.05, 0) is 47.5 Å². The normalized spacial score (nSPS) is 11.5. The van der Waals surface area contributed by atoms with Gasteiger partial charge in [-0.15, -0.1) is 0 Å². The Kier molecular flexibility index (Phi) is 2.77. The Morgan fingerprint density at radius 3 is 2.29 bits per heavy atom. The highest BCUT2D eigenvalue weighted by Gasteiger charge is 2.14. The number of fused-ring (bicyclic) bond motifs is 5. The Morgan fingerprint density at radius 1 is 0.625 bits per heavy atom. The molecule has 0 N–H and O–H groups in total. The molecule has 5 aromatic rings. The molecule has 0 amide bonds. The van der Waals surface area contributed by atoms with Crippen LogP contribution in [-0.4, -0.2) is 4.57 Å². The van der Waals surface area contributed by atoms with Gasteiger partial charge < -0.3 is 4.57 Å². The lowest BCUT2D eigenvalue weighted by Crippen LogP contribution is -1.93. The molecule has 24 heavy (non-hydrogen) atoms. The minimum absolute atomic E-state index is 1.21. The molecular formula is C23H17N. The fraction of sp³-hybridized carbons (Fsp3) is 0.0435. The fourth-order valence-electron chi connectivity index (χ4n) is 3.75. The van der Waals surface area contributed by atoms with Crippen molar-refractivity contribution in [1.29, 1.82) is 0 Å². The first-order valence-electron chi connectivity index (χ1n) is 8.31. The number of hydrogen-bond acceptors (Lipinski definition) is 0. The molecule has 1 heteroatoms.